The van der Waals surface area contributed by atoms with E-state index in [1.807, 2.05) is 13.8 Å². The SMILES string of the molecule is Cc1cc(C(=O)OCc2ccc(F)cc2Br)c2c(C)nn(C)c2n1. The molecule has 0 aliphatic heterocycles. The average Bonchev–Trinajstić information content (AvgIpc) is 2.80. The molecule has 7 heteroatoms. The average molecular weight is 392 g/mol. The van der Waals surface area contributed by atoms with Crippen LogP contribution in [0.1, 0.15) is 27.3 Å². The van der Waals surface area contributed by atoms with E-state index >= 15 is 0 Å². The Morgan fingerprint density at radius 2 is 2.08 bits per heavy atom. The summed E-state index contributed by atoms with van der Waals surface area (Å²) in [5.74, 6) is -0.813. The Labute approximate surface area is 146 Å². The normalized spacial score (nSPS) is 11.0. The van der Waals surface area contributed by atoms with E-state index in [1.54, 1.807) is 23.9 Å². The predicted octanol–water partition coefficient (Wildman–Crippen LogP) is 3.84. The maximum atomic E-state index is 13.1. The Hall–Kier alpha value is -2.28. The first-order chi connectivity index (χ1) is 11.4. The van der Waals surface area contributed by atoms with E-state index in [1.165, 1.54) is 12.1 Å². The number of rotatable bonds is 3. The monoisotopic (exact) mass is 391 g/mol. The van der Waals surface area contributed by atoms with E-state index in [0.29, 0.717) is 32.3 Å². The fraction of sp³-hybridized carbons (Fsp3) is 0.235. The molecule has 0 aliphatic rings. The van der Waals surface area contributed by atoms with Crippen LogP contribution in [0.15, 0.2) is 28.7 Å². The molecule has 3 aromatic rings. The van der Waals surface area contributed by atoms with Crippen molar-refractivity contribution >= 4 is 32.9 Å². The molecule has 124 valence electrons. The molecule has 0 amide bonds. The minimum atomic E-state index is -0.460. The van der Waals surface area contributed by atoms with Gasteiger partial charge in [-0.3, -0.25) is 4.68 Å². The fourth-order valence-electron chi connectivity index (χ4n) is 2.59. The molecule has 2 aromatic heterocycles. The number of pyridine rings is 1. The summed E-state index contributed by atoms with van der Waals surface area (Å²) in [6.45, 7) is 3.68. The lowest BCUT2D eigenvalue weighted by Gasteiger charge is -2.09. The highest BCUT2D eigenvalue weighted by atomic mass is 79.9. The Morgan fingerprint density at radius 3 is 2.79 bits per heavy atom. The van der Waals surface area contributed by atoms with Gasteiger partial charge in [0.05, 0.1) is 16.6 Å². The van der Waals surface area contributed by atoms with Crippen LogP contribution in [0.2, 0.25) is 0 Å². The quantitative estimate of drug-likeness (QED) is 0.636. The molecule has 0 saturated heterocycles. The summed E-state index contributed by atoms with van der Waals surface area (Å²) >= 11 is 3.27. The number of carbonyl (C=O) groups excluding carboxylic acids is 1. The first kappa shape index (κ1) is 16.6. The Morgan fingerprint density at radius 1 is 1.33 bits per heavy atom. The van der Waals surface area contributed by atoms with Gasteiger partial charge in [-0.05, 0) is 32.0 Å². The van der Waals surface area contributed by atoms with Crippen LogP contribution in [0, 0.1) is 19.7 Å². The third-order valence-corrected chi connectivity index (χ3v) is 4.43. The van der Waals surface area contributed by atoms with E-state index in [-0.39, 0.29) is 12.4 Å². The van der Waals surface area contributed by atoms with Crippen LogP contribution in [-0.2, 0) is 18.4 Å². The van der Waals surface area contributed by atoms with Gasteiger partial charge in [0.25, 0.3) is 0 Å². The molecule has 0 saturated carbocycles. The molecule has 0 aliphatic carbocycles. The molecule has 2 heterocycles. The fourth-order valence-corrected chi connectivity index (χ4v) is 3.06. The molecule has 3 rings (SSSR count). The van der Waals surface area contributed by atoms with Crippen molar-refractivity contribution in [3.63, 3.8) is 0 Å². The standard InChI is InChI=1S/C17H15BrFN3O2/c1-9-6-13(15-10(2)21-22(3)16(15)20-9)17(23)24-8-11-4-5-12(19)7-14(11)18/h4-7H,8H2,1-3H3. The molecule has 0 unspecified atom stereocenters. The van der Waals surface area contributed by atoms with Gasteiger partial charge in [0.2, 0.25) is 0 Å². The van der Waals surface area contributed by atoms with Crippen molar-refractivity contribution in [2.24, 2.45) is 7.05 Å². The number of halogens is 2. The first-order valence-electron chi connectivity index (χ1n) is 7.29. The molecule has 0 atom stereocenters. The van der Waals surface area contributed by atoms with E-state index in [4.69, 9.17) is 4.74 Å². The number of ether oxygens (including phenoxy) is 1. The van der Waals surface area contributed by atoms with Crippen LogP contribution in [0.5, 0.6) is 0 Å². The van der Waals surface area contributed by atoms with Crippen LogP contribution >= 0.6 is 15.9 Å². The molecule has 0 bridgehead atoms. The number of aromatic nitrogens is 3. The molecule has 0 fully saturated rings. The highest BCUT2D eigenvalue weighted by Gasteiger charge is 2.19. The van der Waals surface area contributed by atoms with Gasteiger partial charge in [-0.1, -0.05) is 22.0 Å². The molecule has 1 aromatic carbocycles. The third kappa shape index (κ3) is 3.03. The Balaban J connectivity index is 1.91. The van der Waals surface area contributed by atoms with Gasteiger partial charge in [0.15, 0.2) is 5.65 Å². The second-order valence-electron chi connectivity index (χ2n) is 5.53. The minimum absolute atomic E-state index is 0.0435. The van der Waals surface area contributed by atoms with Gasteiger partial charge < -0.3 is 4.74 Å². The number of fused-ring (bicyclic) bond motifs is 1. The number of aryl methyl sites for hydroxylation is 3. The number of esters is 1. The van der Waals surface area contributed by atoms with Crippen LogP contribution in [-0.4, -0.2) is 20.7 Å². The van der Waals surface area contributed by atoms with Crippen molar-refractivity contribution in [2.75, 3.05) is 0 Å². The van der Waals surface area contributed by atoms with Crippen molar-refractivity contribution in [3.05, 3.63) is 57.1 Å². The van der Waals surface area contributed by atoms with Crippen LogP contribution in [0.4, 0.5) is 4.39 Å². The smallest absolute Gasteiger partial charge is 0.339 e. The zero-order chi connectivity index (χ0) is 17.4. The van der Waals surface area contributed by atoms with Crippen LogP contribution in [0.3, 0.4) is 0 Å². The number of hydrogen-bond acceptors (Lipinski definition) is 4. The van der Waals surface area contributed by atoms with Gasteiger partial charge in [-0.15, -0.1) is 0 Å². The van der Waals surface area contributed by atoms with E-state index in [0.717, 1.165) is 5.69 Å². The lowest BCUT2D eigenvalue weighted by molar-refractivity contribution is 0.0474. The van der Waals surface area contributed by atoms with Crippen molar-refractivity contribution in [3.8, 4) is 0 Å². The van der Waals surface area contributed by atoms with Crippen molar-refractivity contribution < 1.29 is 13.9 Å². The van der Waals surface area contributed by atoms with E-state index < -0.39 is 5.97 Å². The molecule has 0 N–H and O–H groups in total. The molecule has 24 heavy (non-hydrogen) atoms. The molecular weight excluding hydrogens is 377 g/mol. The molecule has 5 nitrogen and oxygen atoms in total. The Bertz CT molecular complexity index is 953. The predicted molar refractivity (Wildman–Crippen MR) is 91.2 cm³/mol. The maximum absolute atomic E-state index is 13.1. The van der Waals surface area contributed by atoms with Gasteiger partial charge in [-0.25, -0.2) is 14.2 Å². The minimum Gasteiger partial charge on any atom is -0.457 e. The summed E-state index contributed by atoms with van der Waals surface area (Å²) in [4.78, 5) is 17.0. The second kappa shape index (κ2) is 6.32. The van der Waals surface area contributed by atoms with Gasteiger partial charge in [-0.2, -0.15) is 5.10 Å². The largest absolute Gasteiger partial charge is 0.457 e. The van der Waals surface area contributed by atoms with E-state index in [2.05, 4.69) is 26.0 Å². The number of nitrogens with zero attached hydrogens (tertiary/aromatic N) is 3. The van der Waals surface area contributed by atoms with E-state index in [9.17, 15) is 9.18 Å². The maximum Gasteiger partial charge on any atom is 0.339 e. The van der Waals surface area contributed by atoms with Crippen LogP contribution < -0.4 is 0 Å². The number of carbonyl (C=O) groups is 1. The zero-order valence-electron chi connectivity index (χ0n) is 13.4. The lowest BCUT2D eigenvalue weighted by Crippen LogP contribution is -2.08. The molecule has 0 spiro atoms. The number of hydrogen-bond donors (Lipinski definition) is 0. The number of benzene rings is 1. The van der Waals surface area contributed by atoms with Crippen molar-refractivity contribution in [1.29, 1.82) is 0 Å². The highest BCUT2D eigenvalue weighted by Crippen LogP contribution is 2.24. The second-order valence-corrected chi connectivity index (χ2v) is 6.39. The lowest BCUT2D eigenvalue weighted by atomic mass is 10.1. The summed E-state index contributed by atoms with van der Waals surface area (Å²) in [5.41, 5.74) is 3.19. The topological polar surface area (TPSA) is 57.0 Å². The summed E-state index contributed by atoms with van der Waals surface area (Å²) < 4.78 is 20.7. The zero-order valence-corrected chi connectivity index (χ0v) is 15.0. The Kier molecular flexibility index (Phi) is 4.36. The summed E-state index contributed by atoms with van der Waals surface area (Å²) in [5, 5.41) is 5.00. The van der Waals surface area contributed by atoms with Crippen molar-refractivity contribution in [2.45, 2.75) is 20.5 Å². The van der Waals surface area contributed by atoms with Gasteiger partial charge in [0, 0.05) is 22.8 Å². The highest BCUT2D eigenvalue weighted by molar-refractivity contribution is 9.10. The summed E-state index contributed by atoms with van der Waals surface area (Å²) in [7, 11) is 1.78. The third-order valence-electron chi connectivity index (χ3n) is 3.69. The molecular formula is C17H15BrFN3O2. The van der Waals surface area contributed by atoms with Crippen LogP contribution in [0.25, 0.3) is 11.0 Å². The first-order valence-corrected chi connectivity index (χ1v) is 8.08. The van der Waals surface area contributed by atoms with Gasteiger partial charge in [0.1, 0.15) is 12.4 Å². The van der Waals surface area contributed by atoms with Crippen molar-refractivity contribution in [1.82, 2.24) is 14.8 Å². The summed E-state index contributed by atoms with van der Waals surface area (Å²) in [6.07, 6.45) is 0. The molecule has 0 radical (unpaired) electrons. The summed E-state index contributed by atoms with van der Waals surface area (Å²) in [6, 6.07) is 5.94. The van der Waals surface area contributed by atoms with Gasteiger partial charge >= 0.3 is 5.97 Å².